The van der Waals surface area contributed by atoms with Crippen molar-refractivity contribution in [2.75, 3.05) is 31.1 Å². The third-order valence-corrected chi connectivity index (χ3v) is 5.48. The first-order chi connectivity index (χ1) is 12.8. The molecule has 0 saturated carbocycles. The SMILES string of the molecule is O=C1OC(CN2CCC(Cc3ccccc3)CC2)CN1c1ccccc1. The first-order valence-corrected chi connectivity index (χ1v) is 9.57. The van der Waals surface area contributed by atoms with Gasteiger partial charge in [0.05, 0.1) is 6.54 Å². The fourth-order valence-electron chi connectivity index (χ4n) is 4.04. The van der Waals surface area contributed by atoms with Gasteiger partial charge in [0.2, 0.25) is 0 Å². The second-order valence-corrected chi connectivity index (χ2v) is 7.39. The van der Waals surface area contributed by atoms with Crippen LogP contribution in [0.25, 0.3) is 0 Å². The number of nitrogens with zero attached hydrogens (tertiary/aromatic N) is 2. The number of hydrogen-bond donors (Lipinski definition) is 0. The zero-order valence-electron chi connectivity index (χ0n) is 15.1. The Morgan fingerprint density at radius 3 is 2.27 bits per heavy atom. The van der Waals surface area contributed by atoms with Crippen LogP contribution in [0, 0.1) is 5.92 Å². The van der Waals surface area contributed by atoms with Crippen molar-refractivity contribution in [1.29, 1.82) is 0 Å². The molecular formula is C22H26N2O2. The maximum atomic E-state index is 12.2. The van der Waals surface area contributed by atoms with E-state index in [0.717, 1.165) is 31.2 Å². The van der Waals surface area contributed by atoms with Gasteiger partial charge in [-0.05, 0) is 56.0 Å². The molecule has 4 heteroatoms. The molecule has 0 aliphatic carbocycles. The summed E-state index contributed by atoms with van der Waals surface area (Å²) in [6.45, 7) is 3.67. The van der Waals surface area contributed by atoms with Crippen molar-refractivity contribution in [1.82, 2.24) is 4.90 Å². The Morgan fingerprint density at radius 2 is 1.58 bits per heavy atom. The van der Waals surface area contributed by atoms with Gasteiger partial charge in [-0.25, -0.2) is 4.79 Å². The van der Waals surface area contributed by atoms with Gasteiger partial charge in [-0.15, -0.1) is 0 Å². The highest BCUT2D eigenvalue weighted by atomic mass is 16.6. The summed E-state index contributed by atoms with van der Waals surface area (Å²) in [6.07, 6.45) is 3.36. The molecule has 0 radical (unpaired) electrons. The monoisotopic (exact) mass is 350 g/mol. The molecule has 2 aromatic rings. The lowest BCUT2D eigenvalue weighted by Gasteiger charge is -2.33. The van der Waals surface area contributed by atoms with Crippen LogP contribution in [0.4, 0.5) is 10.5 Å². The number of cyclic esters (lactones) is 1. The number of ether oxygens (including phenoxy) is 1. The number of piperidine rings is 1. The van der Waals surface area contributed by atoms with Crippen molar-refractivity contribution in [3.8, 4) is 0 Å². The number of anilines is 1. The van der Waals surface area contributed by atoms with Gasteiger partial charge < -0.3 is 4.74 Å². The third kappa shape index (κ3) is 4.07. The Morgan fingerprint density at radius 1 is 0.923 bits per heavy atom. The molecule has 136 valence electrons. The molecule has 2 fully saturated rings. The maximum absolute atomic E-state index is 12.2. The van der Waals surface area contributed by atoms with Crippen molar-refractivity contribution >= 4 is 11.8 Å². The van der Waals surface area contributed by atoms with Gasteiger partial charge in [0.15, 0.2) is 0 Å². The smallest absolute Gasteiger partial charge is 0.414 e. The maximum Gasteiger partial charge on any atom is 0.414 e. The van der Waals surface area contributed by atoms with E-state index in [1.54, 1.807) is 4.90 Å². The minimum Gasteiger partial charge on any atom is -0.443 e. The van der Waals surface area contributed by atoms with Gasteiger partial charge in [0.1, 0.15) is 6.10 Å². The van der Waals surface area contributed by atoms with E-state index in [1.807, 2.05) is 30.3 Å². The van der Waals surface area contributed by atoms with Crippen LogP contribution in [0.1, 0.15) is 18.4 Å². The molecule has 2 aromatic carbocycles. The Bertz CT molecular complexity index is 711. The largest absolute Gasteiger partial charge is 0.443 e. The predicted molar refractivity (Wildman–Crippen MR) is 103 cm³/mol. The molecule has 1 atom stereocenters. The number of carbonyl (C=O) groups is 1. The zero-order valence-corrected chi connectivity index (χ0v) is 15.1. The molecule has 2 saturated heterocycles. The highest BCUT2D eigenvalue weighted by Gasteiger charge is 2.34. The lowest BCUT2D eigenvalue weighted by atomic mass is 9.90. The van der Waals surface area contributed by atoms with Gasteiger partial charge in [0.25, 0.3) is 0 Å². The Hall–Kier alpha value is -2.33. The van der Waals surface area contributed by atoms with E-state index >= 15 is 0 Å². The van der Waals surface area contributed by atoms with E-state index in [9.17, 15) is 4.79 Å². The predicted octanol–water partition coefficient (Wildman–Crippen LogP) is 3.97. The quantitative estimate of drug-likeness (QED) is 0.818. The molecule has 0 aromatic heterocycles. The van der Waals surface area contributed by atoms with E-state index in [4.69, 9.17) is 4.74 Å². The van der Waals surface area contributed by atoms with E-state index in [2.05, 4.69) is 35.2 Å². The molecule has 4 nitrogen and oxygen atoms in total. The summed E-state index contributed by atoms with van der Waals surface area (Å²) in [6, 6.07) is 20.5. The molecule has 4 rings (SSSR count). The molecule has 0 N–H and O–H groups in total. The van der Waals surface area contributed by atoms with Gasteiger partial charge in [0, 0.05) is 12.2 Å². The average Bonchev–Trinajstić information content (AvgIpc) is 3.05. The Labute approximate surface area is 155 Å². The molecule has 2 aliphatic heterocycles. The van der Waals surface area contributed by atoms with Crippen LogP contribution in [0.5, 0.6) is 0 Å². The number of carbonyl (C=O) groups excluding carboxylic acids is 1. The number of benzene rings is 2. The van der Waals surface area contributed by atoms with Crippen molar-refractivity contribution in [2.24, 2.45) is 5.92 Å². The number of para-hydroxylation sites is 1. The van der Waals surface area contributed by atoms with Crippen molar-refractivity contribution in [3.05, 3.63) is 66.2 Å². The molecule has 0 bridgehead atoms. The molecular weight excluding hydrogens is 324 g/mol. The van der Waals surface area contributed by atoms with Crippen LogP contribution >= 0.6 is 0 Å². The van der Waals surface area contributed by atoms with Crippen LogP contribution < -0.4 is 4.90 Å². The van der Waals surface area contributed by atoms with E-state index in [1.165, 1.54) is 24.8 Å². The highest BCUT2D eigenvalue weighted by Crippen LogP contribution is 2.25. The van der Waals surface area contributed by atoms with Gasteiger partial charge in [-0.3, -0.25) is 9.80 Å². The standard InChI is InChI=1S/C22H26N2O2/c25-22-24(20-9-5-2-6-10-20)17-21(26-22)16-23-13-11-19(12-14-23)15-18-7-3-1-4-8-18/h1-10,19,21H,11-17H2. The normalized spacial score (nSPS) is 21.8. The van der Waals surface area contributed by atoms with Crippen LogP contribution in [-0.4, -0.2) is 43.3 Å². The van der Waals surface area contributed by atoms with E-state index in [-0.39, 0.29) is 12.2 Å². The van der Waals surface area contributed by atoms with Crippen molar-refractivity contribution in [3.63, 3.8) is 0 Å². The highest BCUT2D eigenvalue weighted by molar-refractivity contribution is 5.89. The van der Waals surface area contributed by atoms with Gasteiger partial charge in [-0.2, -0.15) is 0 Å². The number of hydrogen-bond acceptors (Lipinski definition) is 3. The molecule has 2 heterocycles. The minimum atomic E-state index is -0.222. The van der Waals surface area contributed by atoms with Crippen molar-refractivity contribution < 1.29 is 9.53 Å². The molecule has 2 aliphatic rings. The van der Waals surface area contributed by atoms with Crippen LogP contribution in [0.15, 0.2) is 60.7 Å². The summed E-state index contributed by atoms with van der Waals surface area (Å²) in [4.78, 5) is 16.4. The summed E-state index contributed by atoms with van der Waals surface area (Å²) in [5.74, 6) is 0.764. The zero-order chi connectivity index (χ0) is 17.8. The minimum absolute atomic E-state index is 0.0339. The van der Waals surface area contributed by atoms with Crippen LogP contribution in [-0.2, 0) is 11.2 Å². The molecule has 1 amide bonds. The van der Waals surface area contributed by atoms with Crippen LogP contribution in [0.3, 0.4) is 0 Å². The Kier molecular flexibility index (Phi) is 5.21. The van der Waals surface area contributed by atoms with Gasteiger partial charge in [-0.1, -0.05) is 48.5 Å². The molecule has 1 unspecified atom stereocenters. The topological polar surface area (TPSA) is 32.8 Å². The summed E-state index contributed by atoms with van der Waals surface area (Å²) in [5.41, 5.74) is 2.36. The van der Waals surface area contributed by atoms with E-state index < -0.39 is 0 Å². The Balaban J connectivity index is 1.25. The molecule has 26 heavy (non-hydrogen) atoms. The second-order valence-electron chi connectivity index (χ2n) is 7.39. The average molecular weight is 350 g/mol. The third-order valence-electron chi connectivity index (χ3n) is 5.48. The number of likely N-dealkylation sites (tertiary alicyclic amines) is 1. The summed E-state index contributed by atoms with van der Waals surface area (Å²) in [5, 5.41) is 0. The summed E-state index contributed by atoms with van der Waals surface area (Å²) in [7, 11) is 0. The lowest BCUT2D eigenvalue weighted by molar-refractivity contribution is 0.0914. The summed E-state index contributed by atoms with van der Waals surface area (Å²) < 4.78 is 5.60. The number of amides is 1. The first-order valence-electron chi connectivity index (χ1n) is 9.57. The summed E-state index contributed by atoms with van der Waals surface area (Å²) >= 11 is 0. The lowest BCUT2D eigenvalue weighted by Crippen LogP contribution is -2.40. The molecule has 0 spiro atoms. The van der Waals surface area contributed by atoms with Crippen LogP contribution in [0.2, 0.25) is 0 Å². The van der Waals surface area contributed by atoms with Gasteiger partial charge >= 0.3 is 6.09 Å². The van der Waals surface area contributed by atoms with E-state index in [0.29, 0.717) is 6.54 Å². The fraction of sp³-hybridized carbons (Fsp3) is 0.409. The second kappa shape index (κ2) is 7.92. The van der Waals surface area contributed by atoms with Crippen molar-refractivity contribution in [2.45, 2.75) is 25.4 Å². The number of rotatable bonds is 5. The fourth-order valence-corrected chi connectivity index (χ4v) is 4.04. The first kappa shape index (κ1) is 17.1.